The molecule has 2 amide bonds. The first-order chi connectivity index (χ1) is 10.5. The highest BCUT2D eigenvalue weighted by Crippen LogP contribution is 2.16. The van der Waals surface area contributed by atoms with Crippen molar-refractivity contribution in [2.24, 2.45) is 0 Å². The fraction of sp³-hybridized carbons (Fsp3) is 0.0667. The summed E-state index contributed by atoms with van der Waals surface area (Å²) in [5.41, 5.74) is 4.61. The molecule has 0 fully saturated rings. The second kappa shape index (κ2) is 7.42. The normalized spacial score (nSPS) is 9.91. The van der Waals surface area contributed by atoms with Crippen molar-refractivity contribution in [3.05, 3.63) is 64.9 Å². The van der Waals surface area contributed by atoms with Crippen molar-refractivity contribution in [3.63, 3.8) is 0 Å². The molecule has 2 rings (SSSR count). The molecule has 2 N–H and O–H groups in total. The number of amides is 2. The quantitative estimate of drug-likeness (QED) is 0.849. The van der Waals surface area contributed by atoms with E-state index in [-0.39, 0.29) is 12.2 Å². The molecule has 0 spiro atoms. The summed E-state index contributed by atoms with van der Waals surface area (Å²) < 4.78 is 17.9. The predicted molar refractivity (Wildman–Crippen MR) is 79.0 cm³/mol. The van der Waals surface area contributed by atoms with Crippen molar-refractivity contribution in [2.45, 2.75) is 0 Å². The molecule has 0 saturated heterocycles. The van der Waals surface area contributed by atoms with E-state index in [0.29, 0.717) is 10.8 Å². The zero-order valence-electron chi connectivity index (χ0n) is 11.3. The Labute approximate surface area is 131 Å². The lowest BCUT2D eigenvalue weighted by atomic mass is 10.2. The molecule has 0 aliphatic heterocycles. The van der Waals surface area contributed by atoms with Crippen LogP contribution in [-0.2, 0) is 4.79 Å². The van der Waals surface area contributed by atoms with Gasteiger partial charge in [0.1, 0.15) is 11.6 Å². The molecule has 2 aromatic carbocycles. The maximum Gasteiger partial charge on any atom is 0.276 e. The summed E-state index contributed by atoms with van der Waals surface area (Å²) in [7, 11) is 0. The highest BCUT2D eigenvalue weighted by Gasteiger charge is 2.08. The van der Waals surface area contributed by atoms with Crippen LogP contribution >= 0.6 is 11.6 Å². The minimum absolute atomic E-state index is 0.220. The Morgan fingerprint density at radius 1 is 1.09 bits per heavy atom. The molecule has 114 valence electrons. The largest absolute Gasteiger partial charge is 0.484 e. The summed E-state index contributed by atoms with van der Waals surface area (Å²) >= 11 is 5.78. The van der Waals surface area contributed by atoms with E-state index in [1.807, 2.05) is 0 Å². The maximum absolute atomic E-state index is 12.7. The monoisotopic (exact) mass is 322 g/mol. The maximum atomic E-state index is 12.7. The van der Waals surface area contributed by atoms with Crippen LogP contribution in [-0.4, -0.2) is 18.4 Å². The van der Waals surface area contributed by atoms with E-state index in [1.165, 1.54) is 12.1 Å². The van der Waals surface area contributed by atoms with Crippen LogP contribution in [0.25, 0.3) is 0 Å². The second-order valence-electron chi connectivity index (χ2n) is 4.26. The van der Waals surface area contributed by atoms with Gasteiger partial charge >= 0.3 is 0 Å². The van der Waals surface area contributed by atoms with Crippen molar-refractivity contribution in [1.82, 2.24) is 10.9 Å². The van der Waals surface area contributed by atoms with E-state index in [4.69, 9.17) is 16.3 Å². The van der Waals surface area contributed by atoms with Gasteiger partial charge in [0.15, 0.2) is 6.61 Å². The van der Waals surface area contributed by atoms with E-state index < -0.39 is 17.6 Å². The third-order valence-electron chi connectivity index (χ3n) is 2.59. The second-order valence-corrected chi connectivity index (χ2v) is 4.69. The summed E-state index contributed by atoms with van der Waals surface area (Å²) in [4.78, 5) is 23.2. The van der Waals surface area contributed by atoms with Crippen molar-refractivity contribution in [3.8, 4) is 5.75 Å². The highest BCUT2D eigenvalue weighted by molar-refractivity contribution is 6.30. The van der Waals surface area contributed by atoms with E-state index in [1.54, 1.807) is 24.3 Å². The zero-order chi connectivity index (χ0) is 15.9. The lowest BCUT2D eigenvalue weighted by Crippen LogP contribution is -2.43. The van der Waals surface area contributed by atoms with Crippen molar-refractivity contribution in [1.29, 1.82) is 0 Å². The third-order valence-corrected chi connectivity index (χ3v) is 2.82. The first kappa shape index (κ1) is 15.8. The van der Waals surface area contributed by atoms with Gasteiger partial charge in [-0.1, -0.05) is 17.7 Å². The molecule has 0 atom stereocenters. The lowest BCUT2D eigenvalue weighted by molar-refractivity contribution is -0.123. The van der Waals surface area contributed by atoms with Crippen LogP contribution in [0.3, 0.4) is 0 Å². The average Bonchev–Trinajstić information content (AvgIpc) is 2.51. The number of benzene rings is 2. The Bertz CT molecular complexity index is 677. The molecule has 0 saturated carbocycles. The van der Waals surface area contributed by atoms with Gasteiger partial charge in [-0.2, -0.15) is 0 Å². The van der Waals surface area contributed by atoms with Crippen LogP contribution in [0.2, 0.25) is 5.02 Å². The molecule has 2 aromatic rings. The van der Waals surface area contributed by atoms with Crippen LogP contribution in [0.15, 0.2) is 48.5 Å². The first-order valence-corrected chi connectivity index (χ1v) is 6.65. The molecule has 0 radical (unpaired) electrons. The number of hydrogen-bond acceptors (Lipinski definition) is 3. The van der Waals surface area contributed by atoms with Gasteiger partial charge in [-0.15, -0.1) is 0 Å². The van der Waals surface area contributed by atoms with Crippen LogP contribution in [0.4, 0.5) is 4.39 Å². The fourth-order valence-electron chi connectivity index (χ4n) is 1.54. The molecule has 0 bridgehead atoms. The van der Waals surface area contributed by atoms with Crippen molar-refractivity contribution in [2.75, 3.05) is 6.61 Å². The molecule has 0 aliphatic rings. The topological polar surface area (TPSA) is 67.4 Å². The summed E-state index contributed by atoms with van der Waals surface area (Å²) in [5, 5.41) is 0.488. The first-order valence-electron chi connectivity index (χ1n) is 6.28. The number of carbonyl (C=O) groups is 2. The van der Waals surface area contributed by atoms with Gasteiger partial charge in [0.05, 0.1) is 0 Å². The van der Waals surface area contributed by atoms with Crippen LogP contribution in [0, 0.1) is 5.82 Å². The van der Waals surface area contributed by atoms with Crippen molar-refractivity contribution < 1.29 is 18.7 Å². The van der Waals surface area contributed by atoms with Gasteiger partial charge < -0.3 is 4.74 Å². The molecular weight excluding hydrogens is 311 g/mol. The van der Waals surface area contributed by atoms with Crippen LogP contribution < -0.4 is 15.6 Å². The Morgan fingerprint density at radius 3 is 2.50 bits per heavy atom. The van der Waals surface area contributed by atoms with Crippen LogP contribution in [0.5, 0.6) is 5.75 Å². The summed E-state index contributed by atoms with van der Waals surface area (Å²) in [5.74, 6) is -1.12. The van der Waals surface area contributed by atoms with E-state index in [0.717, 1.165) is 12.1 Å². The molecule has 7 heteroatoms. The fourth-order valence-corrected chi connectivity index (χ4v) is 1.72. The number of ether oxygens (including phenoxy) is 1. The van der Waals surface area contributed by atoms with Gasteiger partial charge in [-0.25, -0.2) is 4.39 Å². The molecular formula is C15H12ClFN2O3. The third kappa shape index (κ3) is 4.75. The lowest BCUT2D eigenvalue weighted by Gasteiger charge is -2.09. The number of halogens is 2. The zero-order valence-corrected chi connectivity index (χ0v) is 12.1. The Hall–Kier alpha value is -2.60. The van der Waals surface area contributed by atoms with Gasteiger partial charge in [-0.05, 0) is 42.5 Å². The molecule has 5 nitrogen and oxygen atoms in total. The van der Waals surface area contributed by atoms with Gasteiger partial charge in [0.25, 0.3) is 11.8 Å². The number of hydrazine groups is 1. The Balaban J connectivity index is 1.78. The molecule has 0 aromatic heterocycles. The average molecular weight is 323 g/mol. The molecule has 0 aliphatic carbocycles. The number of hydrogen-bond donors (Lipinski definition) is 2. The Morgan fingerprint density at radius 2 is 1.82 bits per heavy atom. The van der Waals surface area contributed by atoms with Crippen molar-refractivity contribution >= 4 is 23.4 Å². The minimum atomic E-state index is -0.559. The van der Waals surface area contributed by atoms with Gasteiger partial charge in [0.2, 0.25) is 0 Å². The Kier molecular flexibility index (Phi) is 5.32. The standard InChI is InChI=1S/C15H12ClFN2O3/c16-11-2-1-3-13(8-11)22-9-14(20)18-19-15(21)10-4-6-12(17)7-5-10/h1-8H,9H2,(H,18,20)(H,19,21). The molecule has 22 heavy (non-hydrogen) atoms. The SMILES string of the molecule is O=C(COc1cccc(Cl)c1)NNC(=O)c1ccc(F)cc1. The van der Waals surface area contributed by atoms with E-state index >= 15 is 0 Å². The number of rotatable bonds is 4. The van der Waals surface area contributed by atoms with E-state index in [2.05, 4.69) is 10.9 Å². The minimum Gasteiger partial charge on any atom is -0.484 e. The number of carbonyl (C=O) groups excluding carboxylic acids is 2. The predicted octanol–water partition coefficient (Wildman–Crippen LogP) is 2.32. The number of nitrogens with one attached hydrogen (secondary N) is 2. The highest BCUT2D eigenvalue weighted by atomic mass is 35.5. The smallest absolute Gasteiger partial charge is 0.276 e. The summed E-state index contributed by atoms with van der Waals surface area (Å²) in [6.07, 6.45) is 0. The van der Waals surface area contributed by atoms with Crippen LogP contribution in [0.1, 0.15) is 10.4 Å². The summed E-state index contributed by atoms with van der Waals surface area (Å²) in [6, 6.07) is 11.5. The van der Waals surface area contributed by atoms with Gasteiger partial charge in [-0.3, -0.25) is 20.4 Å². The van der Waals surface area contributed by atoms with Gasteiger partial charge in [0, 0.05) is 10.6 Å². The molecule has 0 heterocycles. The van der Waals surface area contributed by atoms with E-state index in [9.17, 15) is 14.0 Å². The summed E-state index contributed by atoms with van der Waals surface area (Å²) in [6.45, 7) is -0.288. The molecule has 0 unspecified atom stereocenters.